The van der Waals surface area contributed by atoms with Gasteiger partial charge in [0.25, 0.3) is 0 Å². The normalized spacial score (nSPS) is 26.0. The van der Waals surface area contributed by atoms with Crippen LogP contribution in [0.1, 0.15) is 26.7 Å². The summed E-state index contributed by atoms with van der Waals surface area (Å²) in [4.78, 5) is 2.42. The van der Waals surface area contributed by atoms with E-state index in [0.717, 1.165) is 39.1 Å². The molecule has 1 fully saturated rings. The minimum absolute atomic E-state index is 0.348. The van der Waals surface area contributed by atoms with Gasteiger partial charge in [-0.15, -0.1) is 0 Å². The van der Waals surface area contributed by atoms with Gasteiger partial charge in [0.2, 0.25) is 0 Å². The third kappa shape index (κ3) is 4.09. The zero-order chi connectivity index (χ0) is 12.0. The van der Waals surface area contributed by atoms with Gasteiger partial charge in [-0.3, -0.25) is 4.90 Å². The summed E-state index contributed by atoms with van der Waals surface area (Å²) in [5, 5.41) is 12.1. The molecule has 0 bridgehead atoms. The quantitative estimate of drug-likeness (QED) is 0.758. The molecule has 0 aromatic heterocycles. The maximum Gasteiger partial charge on any atom is 0.103 e. The number of nitrogens with one attached hydrogen (secondary N) is 1. The molecule has 1 saturated heterocycles. The molecule has 16 heavy (non-hydrogen) atoms. The van der Waals surface area contributed by atoms with Crippen LogP contribution in [0, 0.1) is 11.3 Å². The Balaban J connectivity index is 2.22. The van der Waals surface area contributed by atoms with E-state index in [9.17, 15) is 0 Å². The summed E-state index contributed by atoms with van der Waals surface area (Å²) in [6.07, 6.45) is 2.30. The monoisotopic (exact) mass is 225 g/mol. The van der Waals surface area contributed by atoms with E-state index in [1.807, 2.05) is 14.0 Å². The fourth-order valence-electron chi connectivity index (χ4n) is 1.99. The van der Waals surface area contributed by atoms with Crippen LogP contribution in [-0.2, 0) is 4.74 Å². The predicted octanol–water partition coefficient (Wildman–Crippen LogP) is 0.989. The summed E-state index contributed by atoms with van der Waals surface area (Å²) < 4.78 is 5.49. The molecule has 92 valence electrons. The van der Waals surface area contributed by atoms with Gasteiger partial charge in [0.15, 0.2) is 0 Å². The lowest BCUT2D eigenvalue weighted by Gasteiger charge is -2.31. The fourth-order valence-corrected chi connectivity index (χ4v) is 1.99. The van der Waals surface area contributed by atoms with Gasteiger partial charge >= 0.3 is 0 Å². The Morgan fingerprint density at radius 2 is 2.38 bits per heavy atom. The lowest BCUT2D eigenvalue weighted by molar-refractivity contribution is -0.0188. The first kappa shape index (κ1) is 13.4. The molecule has 1 aliphatic rings. The molecule has 0 aromatic rings. The van der Waals surface area contributed by atoms with E-state index in [-0.39, 0.29) is 5.54 Å². The molecule has 2 unspecified atom stereocenters. The maximum absolute atomic E-state index is 9.02. The Hall–Kier alpha value is -0.630. The topological polar surface area (TPSA) is 48.3 Å². The smallest absolute Gasteiger partial charge is 0.103 e. The van der Waals surface area contributed by atoms with E-state index in [2.05, 4.69) is 23.2 Å². The van der Waals surface area contributed by atoms with Crippen molar-refractivity contribution < 1.29 is 4.74 Å². The third-order valence-electron chi connectivity index (χ3n) is 3.27. The van der Waals surface area contributed by atoms with Crippen LogP contribution in [0.4, 0.5) is 0 Å². The highest BCUT2D eigenvalue weighted by Gasteiger charge is 2.22. The van der Waals surface area contributed by atoms with Crippen molar-refractivity contribution in [2.45, 2.75) is 38.3 Å². The first-order valence-electron chi connectivity index (χ1n) is 6.04. The van der Waals surface area contributed by atoms with Crippen molar-refractivity contribution in [3.63, 3.8) is 0 Å². The lowest BCUT2D eigenvalue weighted by atomic mass is 9.98. The first-order chi connectivity index (χ1) is 7.59. The standard InChI is InChI=1S/C12H23N3O/c1-11-9-15(7-8-16-11)6-4-5-12(2,10-13)14-3/h11,14H,4-9H2,1-3H3. The van der Waals surface area contributed by atoms with Crippen molar-refractivity contribution in [2.24, 2.45) is 0 Å². The van der Waals surface area contributed by atoms with Gasteiger partial charge in [0, 0.05) is 13.1 Å². The summed E-state index contributed by atoms with van der Waals surface area (Å²) in [7, 11) is 1.85. The average molecular weight is 225 g/mol. The van der Waals surface area contributed by atoms with Crippen LogP contribution < -0.4 is 5.32 Å². The second-order valence-electron chi connectivity index (χ2n) is 4.78. The molecule has 0 radical (unpaired) electrons. The number of rotatable bonds is 5. The zero-order valence-corrected chi connectivity index (χ0v) is 10.6. The van der Waals surface area contributed by atoms with E-state index in [4.69, 9.17) is 10.00 Å². The molecule has 1 aliphatic heterocycles. The highest BCUT2D eigenvalue weighted by atomic mass is 16.5. The highest BCUT2D eigenvalue weighted by molar-refractivity contribution is 5.02. The van der Waals surface area contributed by atoms with Crippen LogP contribution in [0.3, 0.4) is 0 Å². The Labute approximate surface area is 98.6 Å². The Bertz CT molecular complexity index is 251. The molecule has 1 N–H and O–H groups in total. The minimum atomic E-state index is -0.377. The van der Waals surface area contributed by atoms with Gasteiger partial charge in [-0.25, -0.2) is 0 Å². The molecule has 2 atom stereocenters. The van der Waals surface area contributed by atoms with Crippen LogP contribution in [-0.4, -0.2) is 49.8 Å². The summed E-state index contributed by atoms with van der Waals surface area (Å²) in [6, 6.07) is 2.32. The molecule has 0 aliphatic carbocycles. The molecule has 0 amide bonds. The molecule has 1 rings (SSSR count). The summed E-state index contributed by atoms with van der Waals surface area (Å²) >= 11 is 0. The highest BCUT2D eigenvalue weighted by Crippen LogP contribution is 2.12. The van der Waals surface area contributed by atoms with Crippen molar-refractivity contribution in [1.82, 2.24) is 10.2 Å². The average Bonchev–Trinajstić information content (AvgIpc) is 2.29. The minimum Gasteiger partial charge on any atom is -0.376 e. The molecule has 1 heterocycles. The molecule has 4 nitrogen and oxygen atoms in total. The molecule has 0 aromatic carbocycles. The summed E-state index contributed by atoms with van der Waals surface area (Å²) in [5.41, 5.74) is -0.377. The van der Waals surface area contributed by atoms with Crippen molar-refractivity contribution in [3.05, 3.63) is 0 Å². The van der Waals surface area contributed by atoms with Gasteiger partial charge in [-0.1, -0.05) is 0 Å². The van der Waals surface area contributed by atoms with E-state index in [0.29, 0.717) is 6.10 Å². The molecule has 0 saturated carbocycles. The molecular weight excluding hydrogens is 202 g/mol. The zero-order valence-electron chi connectivity index (χ0n) is 10.6. The van der Waals surface area contributed by atoms with Crippen LogP contribution in [0.2, 0.25) is 0 Å². The van der Waals surface area contributed by atoms with Crippen LogP contribution >= 0.6 is 0 Å². The van der Waals surface area contributed by atoms with E-state index in [1.54, 1.807) is 0 Å². The van der Waals surface area contributed by atoms with Gasteiger partial charge in [-0.2, -0.15) is 5.26 Å². The number of ether oxygens (including phenoxy) is 1. The second kappa shape index (κ2) is 6.19. The molecular formula is C12H23N3O. The van der Waals surface area contributed by atoms with Crippen molar-refractivity contribution >= 4 is 0 Å². The fraction of sp³-hybridized carbons (Fsp3) is 0.917. The summed E-state index contributed by atoms with van der Waals surface area (Å²) in [5.74, 6) is 0. The van der Waals surface area contributed by atoms with Gasteiger partial charge in [0.05, 0.1) is 18.8 Å². The second-order valence-corrected chi connectivity index (χ2v) is 4.78. The Kier molecular flexibility index (Phi) is 5.20. The predicted molar refractivity (Wildman–Crippen MR) is 64.2 cm³/mol. The maximum atomic E-state index is 9.02. The first-order valence-corrected chi connectivity index (χ1v) is 6.04. The number of hydrogen-bond acceptors (Lipinski definition) is 4. The largest absolute Gasteiger partial charge is 0.376 e. The number of nitriles is 1. The van der Waals surface area contributed by atoms with Crippen molar-refractivity contribution in [2.75, 3.05) is 33.3 Å². The van der Waals surface area contributed by atoms with E-state index >= 15 is 0 Å². The summed E-state index contributed by atoms with van der Waals surface area (Å²) in [6.45, 7) is 8.00. The third-order valence-corrected chi connectivity index (χ3v) is 3.27. The van der Waals surface area contributed by atoms with Gasteiger partial charge in [0.1, 0.15) is 5.54 Å². The SMILES string of the molecule is CNC(C)(C#N)CCCN1CCOC(C)C1. The number of nitrogens with zero attached hydrogens (tertiary/aromatic N) is 2. The van der Waals surface area contributed by atoms with Crippen LogP contribution in [0.15, 0.2) is 0 Å². The number of morpholine rings is 1. The van der Waals surface area contributed by atoms with Gasteiger partial charge < -0.3 is 10.1 Å². The Morgan fingerprint density at radius 3 is 2.94 bits per heavy atom. The Morgan fingerprint density at radius 1 is 1.62 bits per heavy atom. The van der Waals surface area contributed by atoms with Crippen molar-refractivity contribution in [1.29, 1.82) is 5.26 Å². The van der Waals surface area contributed by atoms with Crippen molar-refractivity contribution in [3.8, 4) is 6.07 Å². The van der Waals surface area contributed by atoms with E-state index < -0.39 is 0 Å². The lowest BCUT2D eigenvalue weighted by Crippen LogP contribution is -2.43. The van der Waals surface area contributed by atoms with Gasteiger partial charge in [-0.05, 0) is 40.3 Å². The molecule has 0 spiro atoms. The van der Waals surface area contributed by atoms with E-state index in [1.165, 1.54) is 0 Å². The number of hydrogen-bond donors (Lipinski definition) is 1. The van der Waals surface area contributed by atoms with Crippen LogP contribution in [0.25, 0.3) is 0 Å². The van der Waals surface area contributed by atoms with Crippen LogP contribution in [0.5, 0.6) is 0 Å². The molecule has 4 heteroatoms.